The van der Waals surface area contributed by atoms with Crippen molar-refractivity contribution in [2.45, 2.75) is 45.8 Å². The first-order chi connectivity index (χ1) is 6.34. The van der Waals surface area contributed by atoms with Gasteiger partial charge in [-0.25, -0.2) is 0 Å². The third-order valence-corrected chi connectivity index (χ3v) is 3.00. The van der Waals surface area contributed by atoms with Gasteiger partial charge in [0.1, 0.15) is 0 Å². The molecule has 0 bridgehead atoms. The maximum atomic E-state index is 10.4. The Hall–Kier alpha value is -0.120. The van der Waals surface area contributed by atoms with Gasteiger partial charge in [-0.05, 0) is 18.9 Å². The molecule has 0 fully saturated rings. The van der Waals surface area contributed by atoms with E-state index >= 15 is 0 Å². The van der Waals surface area contributed by atoms with Gasteiger partial charge in [-0.15, -0.1) is 0 Å². The van der Waals surface area contributed by atoms with E-state index in [9.17, 15) is 10.2 Å². The van der Waals surface area contributed by atoms with Gasteiger partial charge in [-0.2, -0.15) is 0 Å². The molecule has 0 aliphatic carbocycles. The highest BCUT2D eigenvalue weighted by Gasteiger charge is 2.36. The Morgan fingerprint density at radius 1 is 1.14 bits per heavy atom. The molecule has 1 atom stereocenters. The number of hydrogen-bond donors (Lipinski definition) is 3. The maximum Gasteiger partial charge on any atom is 0.0718 e. The summed E-state index contributed by atoms with van der Waals surface area (Å²) in [5.74, 6) is 0.322. The van der Waals surface area contributed by atoms with Crippen molar-refractivity contribution in [3.8, 4) is 0 Å². The predicted molar refractivity (Wildman–Crippen MR) is 59.2 cm³/mol. The number of aliphatic hydroxyl groups excluding tert-OH is 1. The average molecular weight is 203 g/mol. The molecule has 0 aromatic carbocycles. The first-order valence-electron chi connectivity index (χ1n) is 5.39. The normalized spacial score (nSPS) is 15.2. The minimum absolute atomic E-state index is 0.161. The van der Waals surface area contributed by atoms with Gasteiger partial charge in [-0.1, -0.05) is 27.7 Å². The van der Waals surface area contributed by atoms with Crippen LogP contribution < -0.4 is 5.32 Å². The zero-order chi connectivity index (χ0) is 11.4. The molecule has 0 aliphatic heterocycles. The van der Waals surface area contributed by atoms with E-state index in [1.54, 1.807) is 7.05 Å². The summed E-state index contributed by atoms with van der Waals surface area (Å²) in [7, 11) is 1.80. The van der Waals surface area contributed by atoms with E-state index in [1.165, 1.54) is 0 Å². The molecule has 0 aromatic heterocycles. The van der Waals surface area contributed by atoms with Crippen LogP contribution >= 0.6 is 0 Å². The van der Waals surface area contributed by atoms with Crippen molar-refractivity contribution in [1.29, 1.82) is 0 Å². The van der Waals surface area contributed by atoms with Crippen LogP contribution in [0.2, 0.25) is 0 Å². The lowest BCUT2D eigenvalue weighted by molar-refractivity contribution is -0.0793. The van der Waals surface area contributed by atoms with Crippen molar-refractivity contribution in [1.82, 2.24) is 5.32 Å². The summed E-state index contributed by atoms with van der Waals surface area (Å²) >= 11 is 0. The monoisotopic (exact) mass is 203 g/mol. The Bertz CT molecular complexity index is 149. The van der Waals surface area contributed by atoms with Gasteiger partial charge in [0.25, 0.3) is 0 Å². The van der Waals surface area contributed by atoms with Crippen molar-refractivity contribution >= 4 is 0 Å². The van der Waals surface area contributed by atoms with Crippen LogP contribution in [0.4, 0.5) is 0 Å². The molecule has 3 heteroatoms. The summed E-state index contributed by atoms with van der Waals surface area (Å²) < 4.78 is 0. The van der Waals surface area contributed by atoms with Crippen LogP contribution in [0.5, 0.6) is 0 Å². The largest absolute Gasteiger partial charge is 0.392 e. The number of rotatable bonds is 6. The maximum absolute atomic E-state index is 10.4. The predicted octanol–water partition coefficient (Wildman–Crippen LogP) is 1.000. The molecule has 0 saturated carbocycles. The minimum Gasteiger partial charge on any atom is -0.392 e. The number of aliphatic hydroxyl groups is 2. The number of hydrogen-bond acceptors (Lipinski definition) is 3. The Balaban J connectivity index is 4.37. The zero-order valence-corrected chi connectivity index (χ0v) is 10.0. The van der Waals surface area contributed by atoms with Crippen molar-refractivity contribution in [3.05, 3.63) is 0 Å². The van der Waals surface area contributed by atoms with Crippen LogP contribution in [0.15, 0.2) is 0 Å². The molecule has 0 saturated heterocycles. The molecule has 0 amide bonds. The Kier molecular flexibility index (Phi) is 5.64. The fourth-order valence-electron chi connectivity index (χ4n) is 1.82. The second-order valence-electron chi connectivity index (χ2n) is 4.72. The summed E-state index contributed by atoms with van der Waals surface area (Å²) in [5.41, 5.74) is -0.768. The van der Waals surface area contributed by atoms with Crippen LogP contribution in [-0.2, 0) is 0 Å². The van der Waals surface area contributed by atoms with Crippen LogP contribution in [0, 0.1) is 11.8 Å². The minimum atomic E-state index is -0.768. The fourth-order valence-corrected chi connectivity index (χ4v) is 1.82. The summed E-state index contributed by atoms with van der Waals surface area (Å²) in [4.78, 5) is 0. The van der Waals surface area contributed by atoms with Crippen molar-refractivity contribution in [3.63, 3.8) is 0 Å². The van der Waals surface area contributed by atoms with E-state index in [2.05, 4.69) is 5.32 Å². The Morgan fingerprint density at radius 2 is 1.57 bits per heavy atom. The Labute approximate surface area is 87.5 Å². The zero-order valence-electron chi connectivity index (χ0n) is 10.0. The van der Waals surface area contributed by atoms with Gasteiger partial charge in [0, 0.05) is 13.0 Å². The van der Waals surface area contributed by atoms with Crippen LogP contribution in [-0.4, -0.2) is 35.5 Å². The summed E-state index contributed by atoms with van der Waals surface area (Å²) in [6.45, 7) is 8.50. The molecule has 0 rings (SSSR count). The highest BCUT2D eigenvalue weighted by molar-refractivity contribution is 4.87. The van der Waals surface area contributed by atoms with Gasteiger partial charge in [-0.3, -0.25) is 0 Å². The molecule has 0 unspecified atom stereocenters. The standard InChI is InChI=1S/C11H25NO2/c1-8(2)11(14,9(3)4)6-10(13)7-12-5/h8-10,12-14H,6-7H2,1-5H3/t10-/m1/s1. The first-order valence-corrected chi connectivity index (χ1v) is 5.39. The average Bonchev–Trinajstić information content (AvgIpc) is 2.03. The van der Waals surface area contributed by atoms with Gasteiger partial charge in [0.05, 0.1) is 11.7 Å². The highest BCUT2D eigenvalue weighted by atomic mass is 16.3. The summed E-state index contributed by atoms with van der Waals surface area (Å²) in [6.07, 6.45) is -0.0433. The lowest BCUT2D eigenvalue weighted by Crippen LogP contribution is -2.45. The molecule has 3 N–H and O–H groups in total. The SMILES string of the molecule is CNC[C@H](O)CC(O)(C(C)C)C(C)C. The molecule has 0 spiro atoms. The van der Waals surface area contributed by atoms with Crippen molar-refractivity contribution in [2.75, 3.05) is 13.6 Å². The van der Waals surface area contributed by atoms with Crippen LogP contribution in [0.1, 0.15) is 34.1 Å². The van der Waals surface area contributed by atoms with E-state index < -0.39 is 11.7 Å². The van der Waals surface area contributed by atoms with Crippen molar-refractivity contribution < 1.29 is 10.2 Å². The molecule has 3 nitrogen and oxygen atoms in total. The van der Waals surface area contributed by atoms with Gasteiger partial charge in [0.2, 0.25) is 0 Å². The Morgan fingerprint density at radius 3 is 1.86 bits per heavy atom. The molecule has 0 aliphatic rings. The van der Waals surface area contributed by atoms with E-state index in [-0.39, 0.29) is 11.8 Å². The molecule has 0 aromatic rings. The third-order valence-electron chi connectivity index (χ3n) is 3.00. The quantitative estimate of drug-likeness (QED) is 0.603. The molecule has 0 radical (unpaired) electrons. The number of nitrogens with one attached hydrogen (secondary N) is 1. The van der Waals surface area contributed by atoms with E-state index in [1.807, 2.05) is 27.7 Å². The lowest BCUT2D eigenvalue weighted by Gasteiger charge is -2.37. The van der Waals surface area contributed by atoms with Crippen LogP contribution in [0.25, 0.3) is 0 Å². The van der Waals surface area contributed by atoms with E-state index in [4.69, 9.17) is 0 Å². The lowest BCUT2D eigenvalue weighted by atomic mass is 9.76. The topological polar surface area (TPSA) is 52.5 Å². The molecular weight excluding hydrogens is 178 g/mol. The first kappa shape index (κ1) is 13.9. The fraction of sp³-hybridized carbons (Fsp3) is 1.00. The third kappa shape index (κ3) is 3.56. The van der Waals surface area contributed by atoms with Gasteiger partial charge < -0.3 is 15.5 Å². The van der Waals surface area contributed by atoms with E-state index in [0.29, 0.717) is 13.0 Å². The second-order valence-corrected chi connectivity index (χ2v) is 4.72. The second kappa shape index (κ2) is 5.69. The molecule has 0 heterocycles. The van der Waals surface area contributed by atoms with Crippen molar-refractivity contribution in [2.24, 2.45) is 11.8 Å². The summed E-state index contributed by atoms with van der Waals surface area (Å²) in [5, 5.41) is 22.9. The molecular formula is C11H25NO2. The van der Waals surface area contributed by atoms with Gasteiger partial charge in [0.15, 0.2) is 0 Å². The molecule has 86 valence electrons. The van der Waals surface area contributed by atoms with E-state index in [0.717, 1.165) is 0 Å². The van der Waals surface area contributed by atoms with Gasteiger partial charge >= 0.3 is 0 Å². The smallest absolute Gasteiger partial charge is 0.0718 e. The highest BCUT2D eigenvalue weighted by Crippen LogP contribution is 2.30. The number of likely N-dealkylation sites (N-methyl/N-ethyl adjacent to an activating group) is 1. The van der Waals surface area contributed by atoms with Crippen LogP contribution in [0.3, 0.4) is 0 Å². The molecule has 14 heavy (non-hydrogen) atoms. The summed E-state index contributed by atoms with van der Waals surface area (Å²) in [6, 6.07) is 0.